The van der Waals surface area contributed by atoms with Crippen molar-refractivity contribution in [2.24, 2.45) is 0 Å². The molecule has 8 nitrogen and oxygen atoms in total. The Bertz CT molecular complexity index is 797. The number of hydrogen-bond donors (Lipinski definition) is 0. The first-order chi connectivity index (χ1) is 13.7. The highest BCUT2D eigenvalue weighted by Gasteiger charge is 2.58. The molecule has 9 heteroatoms. The largest absolute Gasteiger partial charge is 0.454 e. The number of halogens is 1. The summed E-state index contributed by atoms with van der Waals surface area (Å²) in [4.78, 5) is 0. The molecule has 4 aliphatic heterocycles. The van der Waals surface area contributed by atoms with E-state index in [2.05, 4.69) is 15.9 Å². The van der Waals surface area contributed by atoms with E-state index in [1.807, 2.05) is 39.8 Å². The summed E-state index contributed by atoms with van der Waals surface area (Å²) < 4.78 is 48.1. The number of hydrogen-bond acceptors (Lipinski definition) is 8. The number of benzene rings is 1. The average molecular weight is 473 g/mol. The number of fused-ring (bicyclic) bond motifs is 2. The van der Waals surface area contributed by atoms with E-state index >= 15 is 0 Å². The Hall–Kier alpha value is -0.940. The third-order valence-electron chi connectivity index (χ3n) is 5.40. The molecule has 1 aromatic carbocycles. The summed E-state index contributed by atoms with van der Waals surface area (Å²) in [5.74, 6) is 0.0427. The van der Waals surface area contributed by atoms with Crippen molar-refractivity contribution >= 4 is 15.9 Å². The van der Waals surface area contributed by atoms with Gasteiger partial charge in [-0.1, -0.05) is 15.9 Å². The Morgan fingerprint density at radius 2 is 1.76 bits per heavy atom. The van der Waals surface area contributed by atoms with E-state index in [0.29, 0.717) is 19.0 Å². The van der Waals surface area contributed by atoms with Gasteiger partial charge in [-0.15, -0.1) is 0 Å². The van der Waals surface area contributed by atoms with Gasteiger partial charge >= 0.3 is 0 Å². The fourth-order valence-corrected chi connectivity index (χ4v) is 4.56. The van der Waals surface area contributed by atoms with Crippen LogP contribution >= 0.6 is 15.9 Å². The second-order valence-electron chi connectivity index (χ2n) is 8.51. The van der Waals surface area contributed by atoms with E-state index < -0.39 is 17.9 Å². The molecule has 0 spiro atoms. The van der Waals surface area contributed by atoms with Crippen LogP contribution in [-0.4, -0.2) is 55.7 Å². The van der Waals surface area contributed by atoms with Crippen LogP contribution in [0.3, 0.4) is 0 Å². The maximum atomic E-state index is 6.34. The van der Waals surface area contributed by atoms with Crippen LogP contribution in [0.2, 0.25) is 0 Å². The highest BCUT2D eigenvalue weighted by molar-refractivity contribution is 9.10. The zero-order chi connectivity index (χ0) is 20.4. The summed E-state index contributed by atoms with van der Waals surface area (Å²) in [6, 6.07) is 3.81. The monoisotopic (exact) mass is 472 g/mol. The molecule has 0 N–H and O–H groups in total. The normalized spacial score (nSPS) is 36.5. The molecule has 0 aromatic heterocycles. The number of ether oxygens (including phenoxy) is 8. The van der Waals surface area contributed by atoms with Crippen LogP contribution in [0.5, 0.6) is 11.5 Å². The molecule has 0 saturated carbocycles. The van der Waals surface area contributed by atoms with E-state index in [1.54, 1.807) is 0 Å². The lowest BCUT2D eigenvalue weighted by molar-refractivity contribution is -0.236. The Kier molecular flexibility index (Phi) is 4.86. The van der Waals surface area contributed by atoms with Gasteiger partial charge in [-0.05, 0) is 45.4 Å². The van der Waals surface area contributed by atoms with Gasteiger partial charge < -0.3 is 37.9 Å². The predicted molar refractivity (Wildman–Crippen MR) is 102 cm³/mol. The van der Waals surface area contributed by atoms with Gasteiger partial charge in [0.2, 0.25) is 6.79 Å². The van der Waals surface area contributed by atoms with E-state index in [-0.39, 0.29) is 31.2 Å². The van der Waals surface area contributed by atoms with Crippen LogP contribution in [-0.2, 0) is 35.0 Å². The molecule has 29 heavy (non-hydrogen) atoms. The summed E-state index contributed by atoms with van der Waals surface area (Å²) in [5, 5.41) is 0. The molecule has 3 saturated heterocycles. The zero-order valence-electron chi connectivity index (χ0n) is 16.8. The molecule has 0 unspecified atom stereocenters. The molecule has 4 aliphatic rings. The van der Waals surface area contributed by atoms with Gasteiger partial charge in [0.05, 0.1) is 13.2 Å². The predicted octanol–water partition coefficient (Wildman–Crippen LogP) is 3.09. The molecular weight excluding hydrogens is 448 g/mol. The van der Waals surface area contributed by atoms with Gasteiger partial charge in [0.15, 0.2) is 29.4 Å². The minimum absolute atomic E-state index is 0.226. The first kappa shape index (κ1) is 20.0. The highest BCUT2D eigenvalue weighted by Crippen LogP contribution is 2.43. The van der Waals surface area contributed by atoms with Gasteiger partial charge in [-0.25, -0.2) is 0 Å². The van der Waals surface area contributed by atoms with Gasteiger partial charge in [0, 0.05) is 4.47 Å². The Morgan fingerprint density at radius 1 is 1.00 bits per heavy atom. The SMILES string of the molecule is CC1(C)O[C@H]2O[C@H]([C@H]3COC(C)(C)O3)[C@@H](OCc3cc4c(cc3Br)OCO4)[C@H]2O1. The maximum absolute atomic E-state index is 6.34. The van der Waals surface area contributed by atoms with Crippen LogP contribution in [0.4, 0.5) is 0 Å². The van der Waals surface area contributed by atoms with Crippen molar-refractivity contribution in [3.05, 3.63) is 22.2 Å². The highest BCUT2D eigenvalue weighted by atomic mass is 79.9. The van der Waals surface area contributed by atoms with E-state index in [9.17, 15) is 0 Å². The van der Waals surface area contributed by atoms with Crippen molar-refractivity contribution in [2.45, 2.75) is 76.6 Å². The fourth-order valence-electron chi connectivity index (χ4n) is 4.13. The minimum atomic E-state index is -0.729. The molecule has 4 heterocycles. The lowest BCUT2D eigenvalue weighted by Gasteiger charge is -2.29. The summed E-state index contributed by atoms with van der Waals surface area (Å²) >= 11 is 3.58. The van der Waals surface area contributed by atoms with Crippen LogP contribution in [0.15, 0.2) is 16.6 Å². The maximum Gasteiger partial charge on any atom is 0.231 e. The molecule has 0 radical (unpaired) electrons. The van der Waals surface area contributed by atoms with Gasteiger partial charge in [-0.3, -0.25) is 0 Å². The van der Waals surface area contributed by atoms with Crippen LogP contribution < -0.4 is 9.47 Å². The van der Waals surface area contributed by atoms with Crippen molar-refractivity contribution in [3.8, 4) is 11.5 Å². The standard InChI is InChI=1S/C20H25BrO8/c1-19(2)25-8-14(27-19)15-16(17-18(26-15)29-20(3,4)28-17)22-7-10-5-12-13(6-11(10)21)24-9-23-12/h5-6,14-18H,7-9H2,1-4H3/t14-,15-,16-,17-,18-/m1/s1. The topological polar surface area (TPSA) is 73.8 Å². The molecule has 0 amide bonds. The average Bonchev–Trinajstić information content (AvgIpc) is 3.35. The molecule has 1 aromatic rings. The molecule has 5 atom stereocenters. The second-order valence-corrected chi connectivity index (χ2v) is 9.36. The van der Waals surface area contributed by atoms with Crippen molar-refractivity contribution < 1.29 is 37.9 Å². The third-order valence-corrected chi connectivity index (χ3v) is 6.13. The molecule has 160 valence electrons. The van der Waals surface area contributed by atoms with E-state index in [4.69, 9.17) is 37.9 Å². The van der Waals surface area contributed by atoms with Crippen LogP contribution in [0.1, 0.15) is 33.3 Å². The third kappa shape index (κ3) is 3.78. The van der Waals surface area contributed by atoms with Crippen LogP contribution in [0.25, 0.3) is 0 Å². The Labute approximate surface area is 177 Å². The molecule has 3 fully saturated rings. The second kappa shape index (κ2) is 7.05. The lowest BCUT2D eigenvalue weighted by atomic mass is 10.1. The number of rotatable bonds is 4. The first-order valence-corrected chi connectivity index (χ1v) is 10.5. The summed E-state index contributed by atoms with van der Waals surface area (Å²) in [7, 11) is 0. The van der Waals surface area contributed by atoms with Gasteiger partial charge in [-0.2, -0.15) is 0 Å². The minimum Gasteiger partial charge on any atom is -0.454 e. The van der Waals surface area contributed by atoms with E-state index in [1.165, 1.54) is 0 Å². The lowest BCUT2D eigenvalue weighted by Crippen LogP contribution is -2.44. The van der Waals surface area contributed by atoms with E-state index in [0.717, 1.165) is 15.8 Å². The molecular formula is C20H25BrO8. The van der Waals surface area contributed by atoms with Gasteiger partial charge in [0.25, 0.3) is 0 Å². The molecule has 0 aliphatic carbocycles. The van der Waals surface area contributed by atoms with Crippen LogP contribution in [0, 0.1) is 0 Å². The van der Waals surface area contributed by atoms with Crippen molar-refractivity contribution in [3.63, 3.8) is 0 Å². The summed E-state index contributed by atoms with van der Waals surface area (Å²) in [6.07, 6.45) is -1.86. The zero-order valence-corrected chi connectivity index (χ0v) is 18.4. The Morgan fingerprint density at radius 3 is 2.48 bits per heavy atom. The van der Waals surface area contributed by atoms with Gasteiger partial charge in [0.1, 0.15) is 24.4 Å². The first-order valence-electron chi connectivity index (χ1n) is 9.73. The molecule has 0 bridgehead atoms. The summed E-state index contributed by atoms with van der Waals surface area (Å²) in [6.45, 7) is 8.50. The van der Waals surface area contributed by atoms with Crippen molar-refractivity contribution in [2.75, 3.05) is 13.4 Å². The molecule has 5 rings (SSSR count). The quantitative estimate of drug-likeness (QED) is 0.661. The summed E-state index contributed by atoms with van der Waals surface area (Å²) in [5.41, 5.74) is 0.943. The Balaban J connectivity index is 1.35. The van der Waals surface area contributed by atoms with Crippen molar-refractivity contribution in [1.82, 2.24) is 0 Å². The van der Waals surface area contributed by atoms with Crippen molar-refractivity contribution in [1.29, 1.82) is 0 Å². The smallest absolute Gasteiger partial charge is 0.231 e. The fraction of sp³-hybridized carbons (Fsp3) is 0.700.